The Morgan fingerprint density at radius 2 is 1.81 bits per heavy atom. The summed E-state index contributed by atoms with van der Waals surface area (Å²) in [6.45, 7) is 3.18. The van der Waals surface area contributed by atoms with Gasteiger partial charge in [0.05, 0.1) is 17.5 Å². The fourth-order valence-corrected chi connectivity index (χ4v) is 3.75. The van der Waals surface area contributed by atoms with E-state index in [1.165, 1.54) is 11.3 Å². The van der Waals surface area contributed by atoms with Gasteiger partial charge in [0.15, 0.2) is 5.58 Å². The molecule has 4 nitrogen and oxygen atoms in total. The summed E-state index contributed by atoms with van der Waals surface area (Å²) < 4.78 is 5.92. The lowest BCUT2D eigenvalue weighted by Crippen LogP contribution is -2.34. The number of hydrogen-bond acceptors (Lipinski definition) is 4. The minimum absolute atomic E-state index is 0.266. The van der Waals surface area contributed by atoms with Crippen molar-refractivity contribution in [2.75, 3.05) is 16.8 Å². The summed E-state index contributed by atoms with van der Waals surface area (Å²) in [4.78, 5) is 7.03. The van der Waals surface area contributed by atoms with Crippen LogP contribution >= 0.6 is 0 Å². The third-order valence-corrected chi connectivity index (χ3v) is 5.16. The van der Waals surface area contributed by atoms with Gasteiger partial charge in [0.2, 0.25) is 5.89 Å². The summed E-state index contributed by atoms with van der Waals surface area (Å²) in [6, 6.07) is 24.9. The van der Waals surface area contributed by atoms with E-state index >= 15 is 0 Å². The van der Waals surface area contributed by atoms with Crippen molar-refractivity contribution in [3.63, 3.8) is 0 Å². The molecule has 0 radical (unpaired) electrons. The molecule has 4 aromatic rings. The summed E-state index contributed by atoms with van der Waals surface area (Å²) in [6.07, 6.45) is 1.29. The normalized spacial score (nSPS) is 15.7. The number of nitrogens with zero attached hydrogens (tertiary/aromatic N) is 2. The monoisotopic (exact) mass is 355 g/mol. The number of anilines is 2. The smallest absolute Gasteiger partial charge is 0.227 e. The summed E-state index contributed by atoms with van der Waals surface area (Å²) in [5, 5.41) is 3.58. The maximum atomic E-state index is 5.92. The predicted molar refractivity (Wildman–Crippen MR) is 110 cm³/mol. The van der Waals surface area contributed by atoms with Gasteiger partial charge in [-0.1, -0.05) is 42.5 Å². The predicted octanol–water partition coefficient (Wildman–Crippen LogP) is 5.32. The highest BCUT2D eigenvalue weighted by molar-refractivity contribution is 5.82. The van der Waals surface area contributed by atoms with Gasteiger partial charge >= 0.3 is 0 Å². The Morgan fingerprint density at radius 1 is 1.00 bits per heavy atom. The van der Waals surface area contributed by atoms with Crippen LogP contribution in [0.4, 0.5) is 11.4 Å². The number of rotatable bonds is 4. The molecule has 0 aliphatic carbocycles. The maximum Gasteiger partial charge on any atom is 0.227 e. The van der Waals surface area contributed by atoms with Crippen molar-refractivity contribution in [1.82, 2.24) is 4.98 Å². The Morgan fingerprint density at radius 3 is 2.67 bits per heavy atom. The van der Waals surface area contributed by atoms with E-state index in [1.54, 1.807) is 0 Å². The summed E-state index contributed by atoms with van der Waals surface area (Å²) >= 11 is 0. The lowest BCUT2D eigenvalue weighted by atomic mass is 10.1. The molecule has 1 unspecified atom stereocenters. The van der Waals surface area contributed by atoms with E-state index in [-0.39, 0.29) is 6.17 Å². The number of aromatic nitrogens is 1. The van der Waals surface area contributed by atoms with E-state index in [2.05, 4.69) is 70.7 Å². The van der Waals surface area contributed by atoms with Gasteiger partial charge in [-0.3, -0.25) is 0 Å². The second-order valence-corrected chi connectivity index (χ2v) is 6.97. The highest BCUT2D eigenvalue weighted by Crippen LogP contribution is 2.38. The Balaban J connectivity index is 1.41. The van der Waals surface area contributed by atoms with Crippen LogP contribution in [0, 0.1) is 0 Å². The van der Waals surface area contributed by atoms with Crippen LogP contribution in [0.3, 0.4) is 0 Å². The standard InChI is InChI=1S/C23H21N3O/c1-16-24-20-15-18(23-25-19-9-5-6-10-22(19)27-23)11-12-21(20)26(16)14-13-17-7-3-2-4-8-17/h2-12,15-16,24H,13-14H2,1H3. The third kappa shape index (κ3) is 2.93. The van der Waals surface area contributed by atoms with E-state index in [1.807, 2.05) is 24.3 Å². The Labute approximate surface area is 158 Å². The van der Waals surface area contributed by atoms with Gasteiger partial charge in [-0.15, -0.1) is 0 Å². The molecule has 0 bridgehead atoms. The summed E-state index contributed by atoms with van der Waals surface area (Å²) in [7, 11) is 0. The fraction of sp³-hybridized carbons (Fsp3) is 0.174. The Bertz CT molecular complexity index is 1050. The van der Waals surface area contributed by atoms with Crippen LogP contribution in [0.15, 0.2) is 77.2 Å². The molecule has 1 atom stereocenters. The first-order valence-corrected chi connectivity index (χ1v) is 9.35. The molecule has 0 saturated heterocycles. The number of nitrogens with one attached hydrogen (secondary N) is 1. The van der Waals surface area contributed by atoms with Crippen molar-refractivity contribution in [2.45, 2.75) is 19.5 Å². The molecule has 1 aliphatic heterocycles. The van der Waals surface area contributed by atoms with Gasteiger partial charge in [-0.25, -0.2) is 4.98 Å². The molecule has 0 amide bonds. The van der Waals surface area contributed by atoms with Gasteiger partial charge in [0.25, 0.3) is 0 Å². The van der Waals surface area contributed by atoms with Crippen LogP contribution in [0.1, 0.15) is 12.5 Å². The number of oxazole rings is 1. The quantitative estimate of drug-likeness (QED) is 0.538. The van der Waals surface area contributed by atoms with E-state index in [9.17, 15) is 0 Å². The van der Waals surface area contributed by atoms with Crippen LogP contribution in [0.5, 0.6) is 0 Å². The van der Waals surface area contributed by atoms with Gasteiger partial charge in [-0.2, -0.15) is 0 Å². The first-order valence-electron chi connectivity index (χ1n) is 9.35. The molecule has 2 heterocycles. The molecule has 1 N–H and O–H groups in total. The van der Waals surface area contributed by atoms with Crippen LogP contribution < -0.4 is 10.2 Å². The molecule has 5 rings (SSSR count). The molecule has 1 aromatic heterocycles. The SMILES string of the molecule is CC1Nc2cc(-c3nc4ccccc4o3)ccc2N1CCc1ccccc1. The average molecular weight is 355 g/mol. The lowest BCUT2D eigenvalue weighted by Gasteiger charge is -2.24. The van der Waals surface area contributed by atoms with Crippen molar-refractivity contribution in [3.05, 3.63) is 78.4 Å². The summed E-state index contributed by atoms with van der Waals surface area (Å²) in [5.74, 6) is 0.663. The molecule has 134 valence electrons. The molecule has 3 aromatic carbocycles. The van der Waals surface area contributed by atoms with Crippen LogP contribution in [-0.2, 0) is 6.42 Å². The average Bonchev–Trinajstić information content (AvgIpc) is 3.27. The van der Waals surface area contributed by atoms with Gasteiger partial charge in [-0.05, 0) is 49.2 Å². The lowest BCUT2D eigenvalue weighted by molar-refractivity contribution is 0.620. The first-order chi connectivity index (χ1) is 13.3. The fourth-order valence-electron chi connectivity index (χ4n) is 3.75. The zero-order valence-corrected chi connectivity index (χ0v) is 15.2. The van der Waals surface area contributed by atoms with E-state index in [0.29, 0.717) is 5.89 Å². The Kier molecular flexibility index (Phi) is 3.82. The van der Waals surface area contributed by atoms with Crippen LogP contribution in [-0.4, -0.2) is 17.7 Å². The van der Waals surface area contributed by atoms with E-state index in [4.69, 9.17) is 4.42 Å². The van der Waals surface area contributed by atoms with Crippen molar-refractivity contribution in [3.8, 4) is 11.5 Å². The Hall–Kier alpha value is -3.27. The highest BCUT2D eigenvalue weighted by Gasteiger charge is 2.25. The minimum atomic E-state index is 0.266. The zero-order valence-electron chi connectivity index (χ0n) is 15.2. The number of benzene rings is 3. The van der Waals surface area contributed by atoms with Crippen molar-refractivity contribution < 1.29 is 4.42 Å². The van der Waals surface area contributed by atoms with E-state index in [0.717, 1.165) is 35.3 Å². The van der Waals surface area contributed by atoms with Crippen molar-refractivity contribution >= 4 is 22.5 Å². The first kappa shape index (κ1) is 15.9. The van der Waals surface area contributed by atoms with Gasteiger partial charge < -0.3 is 14.6 Å². The number of hydrogen-bond donors (Lipinski definition) is 1. The molecule has 0 saturated carbocycles. The molecule has 1 aliphatic rings. The third-order valence-electron chi connectivity index (χ3n) is 5.16. The topological polar surface area (TPSA) is 41.3 Å². The number of para-hydroxylation sites is 2. The molecule has 27 heavy (non-hydrogen) atoms. The minimum Gasteiger partial charge on any atom is -0.436 e. The van der Waals surface area contributed by atoms with Crippen LogP contribution in [0.25, 0.3) is 22.6 Å². The molecular formula is C23H21N3O. The molecule has 0 spiro atoms. The largest absolute Gasteiger partial charge is 0.436 e. The van der Waals surface area contributed by atoms with Crippen LogP contribution in [0.2, 0.25) is 0 Å². The van der Waals surface area contributed by atoms with Crippen molar-refractivity contribution in [1.29, 1.82) is 0 Å². The molecule has 4 heteroatoms. The second kappa shape index (κ2) is 6.47. The van der Waals surface area contributed by atoms with Gasteiger partial charge in [0.1, 0.15) is 5.52 Å². The second-order valence-electron chi connectivity index (χ2n) is 6.97. The van der Waals surface area contributed by atoms with Gasteiger partial charge in [0, 0.05) is 12.1 Å². The zero-order chi connectivity index (χ0) is 18.2. The highest BCUT2D eigenvalue weighted by atomic mass is 16.3. The number of fused-ring (bicyclic) bond motifs is 2. The van der Waals surface area contributed by atoms with E-state index < -0.39 is 0 Å². The maximum absolute atomic E-state index is 5.92. The van der Waals surface area contributed by atoms with Crippen molar-refractivity contribution in [2.24, 2.45) is 0 Å². The molecular weight excluding hydrogens is 334 g/mol. The summed E-state index contributed by atoms with van der Waals surface area (Å²) in [5.41, 5.74) is 6.43. The molecule has 0 fully saturated rings.